The maximum absolute atomic E-state index is 9.08. The topological polar surface area (TPSA) is 140 Å². The summed E-state index contributed by atoms with van der Waals surface area (Å²) in [5.41, 5.74) is 24.5. The van der Waals surface area contributed by atoms with Crippen molar-refractivity contribution in [2.24, 2.45) is 0 Å². The number of benzene rings is 9. The van der Waals surface area contributed by atoms with Crippen LogP contribution in [0, 0.1) is 0 Å². The molecule has 1 aliphatic heterocycles. The standard InChI is InChI=1S/C31H31ClN4.C31H33ClN4.C26H22BrN3O/c32-25-12-10-23(11-13-25)29-20-24-21-33-31(35-30(24)28-7-3-2-6-27(28)29)34-26-14-8-22(9-15-26)16-19-36-17-4-1-5-18-36;1-3-4-18-36(2)19-17-22-9-15-26(16-10-22)34-31-33-21-24-20-29(23-11-13-25(32)14-12-23)27-7-5-6-8-28(27)30(24)35-31;27-20-5-3-4-18(14-20)24-15-19-16-28-26(29-21-10-8-17(9-11-21)12-13-31)30-25(19)23-7-2-1-6-22(23)24/h2-3,6-15,21,29H,1,4-5,16-20H2,(H,33,34,35);5-16,21,29H,3-4,17-20H2,1-2H3,(H,33,34,35);1-11,14,16,24,31H,12-13,15H2,(H,28,29,30)/t2*29-;24-/m000/s1. The third-order valence-electron chi connectivity index (χ3n) is 20.3. The van der Waals surface area contributed by atoms with E-state index < -0.39 is 0 Å². The molecule has 12 nitrogen and oxygen atoms in total. The molecule has 0 spiro atoms. The van der Waals surface area contributed by atoms with Gasteiger partial charge in [-0.2, -0.15) is 0 Å². The molecule has 4 aliphatic rings. The highest BCUT2D eigenvalue weighted by atomic mass is 79.9. The summed E-state index contributed by atoms with van der Waals surface area (Å²) < 4.78 is 1.09. The van der Waals surface area contributed by atoms with Gasteiger partial charge < -0.3 is 30.9 Å². The third kappa shape index (κ3) is 17.6. The lowest BCUT2D eigenvalue weighted by Gasteiger charge is -2.27. The minimum absolute atomic E-state index is 0.154. The van der Waals surface area contributed by atoms with E-state index in [0.29, 0.717) is 24.3 Å². The second kappa shape index (κ2) is 33.8. The number of piperidine rings is 1. The highest BCUT2D eigenvalue weighted by Crippen LogP contribution is 2.46. The number of anilines is 6. The third-order valence-corrected chi connectivity index (χ3v) is 21.3. The average Bonchev–Trinajstić information content (AvgIpc) is 0.775. The van der Waals surface area contributed by atoms with Crippen LogP contribution in [0.4, 0.5) is 34.9 Å². The molecular formula is C88H86BrCl2N11O. The minimum atomic E-state index is 0.154. The van der Waals surface area contributed by atoms with Gasteiger partial charge in [0, 0.05) is 104 Å². The van der Waals surface area contributed by atoms with Gasteiger partial charge in [-0.1, -0.05) is 204 Å². The molecule has 0 saturated carbocycles. The fourth-order valence-electron chi connectivity index (χ4n) is 14.7. The summed E-state index contributed by atoms with van der Waals surface area (Å²) in [6, 6.07) is 75.9. The van der Waals surface area contributed by atoms with Crippen molar-refractivity contribution in [1.82, 2.24) is 39.7 Å². The second-order valence-electron chi connectivity index (χ2n) is 27.4. The molecule has 12 aromatic rings. The van der Waals surface area contributed by atoms with Gasteiger partial charge in [-0.3, -0.25) is 0 Å². The molecule has 0 bridgehead atoms. The summed E-state index contributed by atoms with van der Waals surface area (Å²) in [5, 5.41) is 20.7. The molecule has 0 amide bonds. The predicted octanol–water partition coefficient (Wildman–Crippen LogP) is 20.6. The first-order valence-corrected chi connectivity index (χ1v) is 37.8. The van der Waals surface area contributed by atoms with Crippen molar-refractivity contribution in [1.29, 1.82) is 0 Å². The number of hydrogen-bond acceptors (Lipinski definition) is 12. The smallest absolute Gasteiger partial charge is 0.227 e. The molecule has 103 heavy (non-hydrogen) atoms. The first-order valence-electron chi connectivity index (χ1n) is 36.3. The number of likely N-dealkylation sites (N-methyl/N-ethyl adjacent to an activating group) is 1. The largest absolute Gasteiger partial charge is 0.396 e. The summed E-state index contributed by atoms with van der Waals surface area (Å²) in [4.78, 5) is 33.7. The summed E-state index contributed by atoms with van der Waals surface area (Å²) in [5.74, 6) is 2.66. The molecule has 1 saturated heterocycles. The minimum Gasteiger partial charge on any atom is -0.396 e. The monoisotopic (exact) mass is 1460 g/mol. The Hall–Kier alpha value is -9.44. The van der Waals surface area contributed by atoms with Gasteiger partial charge in [-0.05, 0) is 224 Å². The lowest BCUT2D eigenvalue weighted by Crippen LogP contribution is -2.31. The van der Waals surface area contributed by atoms with Crippen LogP contribution in [-0.2, 0) is 38.5 Å². The molecule has 15 heteroatoms. The fourth-order valence-corrected chi connectivity index (χ4v) is 15.4. The molecule has 4 heterocycles. The number of unbranched alkanes of at least 4 members (excludes halogenated alkanes) is 1. The number of nitrogens with zero attached hydrogens (tertiary/aromatic N) is 8. The summed E-state index contributed by atoms with van der Waals surface area (Å²) in [7, 11) is 2.20. The first-order chi connectivity index (χ1) is 50.5. The highest BCUT2D eigenvalue weighted by molar-refractivity contribution is 9.10. The zero-order chi connectivity index (χ0) is 70.4. The number of aliphatic hydroxyl groups excluding tert-OH is 1. The number of likely N-dealkylation sites (tertiary alicyclic amines) is 1. The number of aromatic nitrogens is 6. The maximum Gasteiger partial charge on any atom is 0.227 e. The van der Waals surface area contributed by atoms with Crippen molar-refractivity contribution in [2.45, 2.75) is 95.3 Å². The van der Waals surface area contributed by atoms with E-state index in [4.69, 9.17) is 43.3 Å². The van der Waals surface area contributed by atoms with Crippen molar-refractivity contribution in [2.75, 3.05) is 62.3 Å². The molecule has 520 valence electrons. The summed E-state index contributed by atoms with van der Waals surface area (Å²) in [6.07, 6.45) is 17.9. The van der Waals surface area contributed by atoms with Crippen LogP contribution in [0.25, 0.3) is 33.8 Å². The number of halogens is 3. The van der Waals surface area contributed by atoms with Crippen molar-refractivity contribution < 1.29 is 5.11 Å². The van der Waals surface area contributed by atoms with Crippen molar-refractivity contribution in [3.63, 3.8) is 0 Å². The SMILES string of the molecule is CCCCN(C)CCc1ccc(Nc2ncc3c(n2)-c2ccccc2[C@H](c2ccc(Cl)cc2)C3)cc1.Clc1ccc([C@@H]2Cc3cnc(Nc4ccc(CCN5CCCCC5)cc4)nc3-c3ccccc32)cc1.OCCc1ccc(Nc2ncc3c(n2)-c2ccccc2[C@H](c2cccc(Br)c2)C3)cc1. The summed E-state index contributed by atoms with van der Waals surface area (Å²) in [6.45, 7) is 8.28. The molecule has 0 radical (unpaired) electrons. The van der Waals surface area contributed by atoms with Crippen LogP contribution >= 0.6 is 39.1 Å². The predicted molar refractivity (Wildman–Crippen MR) is 426 cm³/mol. The number of aliphatic hydroxyl groups is 1. The Morgan fingerprint density at radius 3 is 1.28 bits per heavy atom. The van der Waals surface area contributed by atoms with Gasteiger partial charge in [-0.15, -0.1) is 0 Å². The van der Waals surface area contributed by atoms with Crippen LogP contribution in [0.15, 0.2) is 241 Å². The Labute approximate surface area is 624 Å². The van der Waals surface area contributed by atoms with Gasteiger partial charge in [0.25, 0.3) is 0 Å². The second-order valence-corrected chi connectivity index (χ2v) is 29.2. The number of fused-ring (bicyclic) bond motifs is 9. The normalized spacial score (nSPS) is 15.5. The van der Waals surface area contributed by atoms with Crippen LogP contribution in [0.2, 0.25) is 10.0 Å². The van der Waals surface area contributed by atoms with Crippen LogP contribution in [-0.4, -0.2) is 91.2 Å². The molecule has 1 fully saturated rings. The molecular weight excluding hydrogens is 1380 g/mol. The van der Waals surface area contributed by atoms with Crippen molar-refractivity contribution in [3.8, 4) is 33.8 Å². The number of rotatable bonds is 20. The van der Waals surface area contributed by atoms with Crippen LogP contribution in [0.5, 0.6) is 0 Å². The maximum atomic E-state index is 9.08. The van der Waals surface area contributed by atoms with Gasteiger partial charge in [-0.25, -0.2) is 29.9 Å². The lowest BCUT2D eigenvalue weighted by molar-refractivity contribution is 0.231. The number of nitrogens with one attached hydrogen (secondary N) is 3. The van der Waals surface area contributed by atoms with Crippen molar-refractivity contribution >= 4 is 74.0 Å². The van der Waals surface area contributed by atoms with Crippen LogP contribution in [0.3, 0.4) is 0 Å². The Kier molecular flexibility index (Phi) is 23.2. The zero-order valence-corrected chi connectivity index (χ0v) is 61.5. The van der Waals surface area contributed by atoms with Gasteiger partial charge in [0.2, 0.25) is 17.8 Å². The van der Waals surface area contributed by atoms with E-state index in [1.165, 1.54) is 112 Å². The number of hydrogen-bond donors (Lipinski definition) is 4. The van der Waals surface area contributed by atoms with Crippen LogP contribution < -0.4 is 16.0 Å². The van der Waals surface area contributed by atoms with Crippen LogP contribution in [0.1, 0.15) is 124 Å². The molecule has 0 unspecified atom stereocenters. The van der Waals surface area contributed by atoms with E-state index in [1.54, 1.807) is 0 Å². The highest BCUT2D eigenvalue weighted by Gasteiger charge is 2.31. The first kappa shape index (κ1) is 70.6. The Morgan fingerprint density at radius 2 is 0.864 bits per heavy atom. The fraction of sp³-hybridized carbons (Fsp3) is 0.250. The molecule has 3 atom stereocenters. The van der Waals surface area contributed by atoms with Gasteiger partial charge in [0.05, 0.1) is 17.1 Å². The van der Waals surface area contributed by atoms with Gasteiger partial charge >= 0.3 is 0 Å². The Bertz CT molecular complexity index is 4820. The summed E-state index contributed by atoms with van der Waals surface area (Å²) >= 11 is 15.9. The average molecular weight is 1460 g/mol. The molecule has 4 N–H and O–H groups in total. The van der Waals surface area contributed by atoms with E-state index in [2.05, 4.69) is 240 Å². The van der Waals surface area contributed by atoms with E-state index in [0.717, 1.165) is 117 Å². The van der Waals surface area contributed by atoms with Crippen molar-refractivity contribution in [3.05, 3.63) is 318 Å². The molecule has 16 rings (SSSR count). The molecule has 9 aromatic carbocycles. The Balaban J connectivity index is 0.000000131. The molecule has 3 aromatic heterocycles. The van der Waals surface area contributed by atoms with Gasteiger partial charge in [0.1, 0.15) is 0 Å². The lowest BCUT2D eigenvalue weighted by atomic mass is 9.78. The van der Waals surface area contributed by atoms with E-state index in [-0.39, 0.29) is 24.4 Å². The van der Waals surface area contributed by atoms with E-state index in [9.17, 15) is 0 Å². The van der Waals surface area contributed by atoms with E-state index >= 15 is 0 Å². The van der Waals surface area contributed by atoms with Gasteiger partial charge in [0.15, 0.2) is 0 Å². The zero-order valence-electron chi connectivity index (χ0n) is 58.4. The molecule has 3 aliphatic carbocycles. The quantitative estimate of drug-likeness (QED) is 0.0577. The Morgan fingerprint density at radius 1 is 0.456 bits per heavy atom. The van der Waals surface area contributed by atoms with E-state index in [1.807, 2.05) is 67.1 Å².